The van der Waals surface area contributed by atoms with E-state index >= 15 is 0 Å². The van der Waals surface area contributed by atoms with Crippen LogP contribution in [0.25, 0.3) is 5.65 Å². The maximum Gasteiger partial charge on any atom is 0.156 e. The standard InChI is InChI=1S/C8H4ClN3/c9-7-5-12-3-1-2-6(4-10)8(12)11-7/h1-3,5H. The van der Waals surface area contributed by atoms with Gasteiger partial charge in [0.1, 0.15) is 11.2 Å². The highest BCUT2D eigenvalue weighted by Gasteiger charge is 2.02. The minimum atomic E-state index is 0.401. The van der Waals surface area contributed by atoms with Gasteiger partial charge in [-0.2, -0.15) is 5.26 Å². The molecule has 58 valence electrons. The zero-order valence-electron chi connectivity index (χ0n) is 6.03. The minimum absolute atomic E-state index is 0.401. The maximum atomic E-state index is 8.70. The third-order valence-corrected chi connectivity index (χ3v) is 1.76. The molecule has 0 spiro atoms. The molecule has 0 saturated carbocycles. The Bertz CT molecular complexity index is 467. The van der Waals surface area contributed by atoms with Crippen molar-refractivity contribution in [2.45, 2.75) is 0 Å². The third kappa shape index (κ3) is 0.936. The van der Waals surface area contributed by atoms with Crippen molar-refractivity contribution in [3.8, 4) is 6.07 Å². The molecule has 3 nitrogen and oxygen atoms in total. The molecule has 0 bridgehead atoms. The summed E-state index contributed by atoms with van der Waals surface area (Å²) in [4.78, 5) is 3.99. The number of fused-ring (bicyclic) bond motifs is 1. The highest BCUT2D eigenvalue weighted by molar-refractivity contribution is 6.29. The molecule has 12 heavy (non-hydrogen) atoms. The number of hydrogen-bond acceptors (Lipinski definition) is 2. The molecule has 0 fully saturated rings. The maximum absolute atomic E-state index is 8.70. The Kier molecular flexibility index (Phi) is 1.49. The van der Waals surface area contributed by atoms with E-state index in [1.165, 1.54) is 0 Å². The zero-order valence-corrected chi connectivity index (χ0v) is 6.78. The van der Waals surface area contributed by atoms with Gasteiger partial charge in [0, 0.05) is 12.4 Å². The molecule has 0 radical (unpaired) electrons. The van der Waals surface area contributed by atoms with E-state index < -0.39 is 0 Å². The van der Waals surface area contributed by atoms with Crippen LogP contribution in [0.15, 0.2) is 24.5 Å². The molecular weight excluding hydrogens is 174 g/mol. The lowest BCUT2D eigenvalue weighted by molar-refractivity contribution is 1.18. The molecule has 2 heterocycles. The summed E-state index contributed by atoms with van der Waals surface area (Å²) in [6, 6.07) is 5.53. The number of nitriles is 1. The van der Waals surface area contributed by atoms with Crippen molar-refractivity contribution in [1.82, 2.24) is 9.38 Å². The average molecular weight is 178 g/mol. The molecule has 0 aliphatic carbocycles. The van der Waals surface area contributed by atoms with Crippen molar-refractivity contribution < 1.29 is 0 Å². The van der Waals surface area contributed by atoms with Gasteiger partial charge >= 0.3 is 0 Å². The van der Waals surface area contributed by atoms with Gasteiger partial charge in [-0.05, 0) is 12.1 Å². The summed E-state index contributed by atoms with van der Waals surface area (Å²) in [6.07, 6.45) is 3.47. The van der Waals surface area contributed by atoms with E-state index in [9.17, 15) is 0 Å². The van der Waals surface area contributed by atoms with Crippen molar-refractivity contribution in [3.05, 3.63) is 35.2 Å². The van der Waals surface area contributed by atoms with Gasteiger partial charge in [0.15, 0.2) is 5.65 Å². The Balaban J connectivity index is 2.89. The Hall–Kier alpha value is -1.53. The molecule has 0 N–H and O–H groups in total. The molecule has 4 heteroatoms. The van der Waals surface area contributed by atoms with E-state index in [-0.39, 0.29) is 0 Å². The van der Waals surface area contributed by atoms with Gasteiger partial charge < -0.3 is 4.40 Å². The van der Waals surface area contributed by atoms with Crippen LogP contribution in [0.5, 0.6) is 0 Å². The molecule has 0 aliphatic rings. The lowest BCUT2D eigenvalue weighted by Crippen LogP contribution is -1.85. The Morgan fingerprint density at radius 2 is 2.42 bits per heavy atom. The topological polar surface area (TPSA) is 41.1 Å². The zero-order chi connectivity index (χ0) is 8.55. The van der Waals surface area contributed by atoms with Crippen molar-refractivity contribution in [2.75, 3.05) is 0 Å². The molecule has 0 atom stereocenters. The van der Waals surface area contributed by atoms with Crippen molar-refractivity contribution in [1.29, 1.82) is 5.26 Å². The Labute approximate surface area is 73.8 Å². The van der Waals surface area contributed by atoms with E-state index in [4.69, 9.17) is 16.9 Å². The summed E-state index contributed by atoms with van der Waals surface area (Å²) in [5.41, 5.74) is 1.13. The molecule has 2 rings (SSSR count). The molecule has 0 aliphatic heterocycles. The van der Waals surface area contributed by atoms with E-state index in [1.54, 1.807) is 28.9 Å². The number of aromatic nitrogens is 2. The summed E-state index contributed by atoms with van der Waals surface area (Å²) >= 11 is 5.67. The highest BCUT2D eigenvalue weighted by Crippen LogP contribution is 2.12. The summed E-state index contributed by atoms with van der Waals surface area (Å²) in [5, 5.41) is 9.10. The number of hydrogen-bond donors (Lipinski definition) is 0. The Morgan fingerprint density at radius 1 is 1.58 bits per heavy atom. The first-order valence-electron chi connectivity index (χ1n) is 3.34. The van der Waals surface area contributed by atoms with Crippen LogP contribution in [0.2, 0.25) is 5.15 Å². The first-order valence-corrected chi connectivity index (χ1v) is 3.72. The van der Waals surface area contributed by atoms with Gasteiger partial charge in [-0.15, -0.1) is 0 Å². The van der Waals surface area contributed by atoms with Crippen LogP contribution < -0.4 is 0 Å². The highest BCUT2D eigenvalue weighted by atomic mass is 35.5. The third-order valence-electron chi connectivity index (χ3n) is 1.57. The minimum Gasteiger partial charge on any atom is -0.304 e. The Morgan fingerprint density at radius 3 is 3.17 bits per heavy atom. The van der Waals surface area contributed by atoms with Crippen LogP contribution in [0.3, 0.4) is 0 Å². The van der Waals surface area contributed by atoms with E-state index in [0.29, 0.717) is 16.4 Å². The van der Waals surface area contributed by atoms with Crippen LogP contribution >= 0.6 is 11.6 Å². The van der Waals surface area contributed by atoms with E-state index in [1.807, 2.05) is 6.07 Å². The quantitative estimate of drug-likeness (QED) is 0.616. The van der Waals surface area contributed by atoms with Crippen LogP contribution in [0.4, 0.5) is 0 Å². The van der Waals surface area contributed by atoms with Gasteiger partial charge in [0.05, 0.1) is 5.56 Å². The monoisotopic (exact) mass is 177 g/mol. The first kappa shape index (κ1) is 7.14. The van der Waals surface area contributed by atoms with Crippen LogP contribution in [-0.4, -0.2) is 9.38 Å². The molecule has 0 amide bonds. The molecule has 0 aromatic carbocycles. The van der Waals surface area contributed by atoms with Gasteiger partial charge in [-0.1, -0.05) is 11.6 Å². The van der Waals surface area contributed by atoms with Crippen molar-refractivity contribution in [3.63, 3.8) is 0 Å². The average Bonchev–Trinajstić information content (AvgIpc) is 2.44. The van der Waals surface area contributed by atoms with Crippen LogP contribution in [-0.2, 0) is 0 Å². The first-order chi connectivity index (χ1) is 5.81. The van der Waals surface area contributed by atoms with Crippen molar-refractivity contribution in [2.24, 2.45) is 0 Å². The van der Waals surface area contributed by atoms with Gasteiger partial charge in [0.25, 0.3) is 0 Å². The normalized spacial score (nSPS) is 10.0. The summed E-state index contributed by atoms with van der Waals surface area (Å²) in [7, 11) is 0. The predicted molar refractivity (Wildman–Crippen MR) is 44.9 cm³/mol. The van der Waals surface area contributed by atoms with Gasteiger partial charge in [-0.3, -0.25) is 0 Å². The molecule has 2 aromatic heterocycles. The second-order valence-electron chi connectivity index (χ2n) is 2.33. The number of nitrogens with zero attached hydrogens (tertiary/aromatic N) is 3. The largest absolute Gasteiger partial charge is 0.304 e. The summed E-state index contributed by atoms with van der Waals surface area (Å²) in [5.74, 6) is 0. The second kappa shape index (κ2) is 2.50. The van der Waals surface area contributed by atoms with E-state index in [2.05, 4.69) is 4.98 Å². The molecule has 2 aromatic rings. The van der Waals surface area contributed by atoms with Crippen LogP contribution in [0, 0.1) is 11.3 Å². The second-order valence-corrected chi connectivity index (χ2v) is 2.72. The lowest BCUT2D eigenvalue weighted by atomic mass is 10.3. The van der Waals surface area contributed by atoms with Crippen LogP contribution in [0.1, 0.15) is 5.56 Å². The fourth-order valence-electron chi connectivity index (χ4n) is 1.07. The SMILES string of the molecule is N#Cc1cccn2cc(Cl)nc12. The summed E-state index contributed by atoms with van der Waals surface area (Å²) in [6.45, 7) is 0. The molecular formula is C8H4ClN3. The van der Waals surface area contributed by atoms with Gasteiger partial charge in [0.2, 0.25) is 0 Å². The fraction of sp³-hybridized carbons (Fsp3) is 0. The smallest absolute Gasteiger partial charge is 0.156 e. The van der Waals surface area contributed by atoms with Gasteiger partial charge in [-0.25, -0.2) is 4.98 Å². The summed E-state index contributed by atoms with van der Waals surface area (Å²) < 4.78 is 1.72. The van der Waals surface area contributed by atoms with E-state index in [0.717, 1.165) is 0 Å². The predicted octanol–water partition coefficient (Wildman–Crippen LogP) is 1.86. The molecule has 0 unspecified atom stereocenters. The fourth-order valence-corrected chi connectivity index (χ4v) is 1.26. The lowest BCUT2D eigenvalue weighted by Gasteiger charge is -1.91. The number of rotatable bonds is 0. The van der Waals surface area contributed by atoms with Crippen molar-refractivity contribution >= 4 is 17.2 Å². The number of imidazole rings is 1. The number of halogens is 1. The number of pyridine rings is 1. The molecule has 0 saturated heterocycles.